The minimum atomic E-state index is -0.440. The molecule has 0 spiro atoms. The standard InChI is InChI=1S/C22H25N3O4/c1-25-14-13-23-22(25)21(16-8-4-5-9-17(16)27-2)24-20(26)12-15-29-19-11-7-6-10-18(19)28-3/h4-11,13-14,21H,12,15H2,1-3H3,(H,24,26). The van der Waals surface area contributed by atoms with Gasteiger partial charge in [-0.3, -0.25) is 4.79 Å². The Morgan fingerprint density at radius 1 is 1.03 bits per heavy atom. The SMILES string of the molecule is COc1ccccc1OCCC(=O)NC(c1ccccc1OC)c1nccn1C. The van der Waals surface area contributed by atoms with Crippen molar-refractivity contribution in [3.63, 3.8) is 0 Å². The molecule has 1 N–H and O–H groups in total. The third-order valence-corrected chi connectivity index (χ3v) is 4.53. The lowest BCUT2D eigenvalue weighted by molar-refractivity contribution is -0.122. The fraction of sp³-hybridized carbons (Fsp3) is 0.273. The van der Waals surface area contributed by atoms with Crippen LogP contribution in [0.5, 0.6) is 17.2 Å². The molecule has 1 aromatic heterocycles. The number of benzene rings is 2. The van der Waals surface area contributed by atoms with E-state index in [1.54, 1.807) is 20.4 Å². The average molecular weight is 395 g/mol. The van der Waals surface area contributed by atoms with Gasteiger partial charge in [-0.25, -0.2) is 4.98 Å². The number of carbonyl (C=O) groups is 1. The topological polar surface area (TPSA) is 74.6 Å². The highest BCUT2D eigenvalue weighted by Gasteiger charge is 2.23. The zero-order valence-electron chi connectivity index (χ0n) is 16.8. The summed E-state index contributed by atoms with van der Waals surface area (Å²) in [5.41, 5.74) is 0.836. The van der Waals surface area contributed by atoms with Crippen LogP contribution in [0.15, 0.2) is 60.9 Å². The molecular weight excluding hydrogens is 370 g/mol. The first-order chi connectivity index (χ1) is 14.1. The number of para-hydroxylation sites is 3. The van der Waals surface area contributed by atoms with Gasteiger partial charge in [0.15, 0.2) is 11.5 Å². The average Bonchev–Trinajstić information content (AvgIpc) is 3.18. The van der Waals surface area contributed by atoms with E-state index in [0.717, 1.165) is 5.56 Å². The van der Waals surface area contributed by atoms with E-state index in [-0.39, 0.29) is 18.9 Å². The summed E-state index contributed by atoms with van der Waals surface area (Å²) in [6.07, 6.45) is 3.73. The van der Waals surface area contributed by atoms with Gasteiger partial charge in [-0.1, -0.05) is 30.3 Å². The lowest BCUT2D eigenvalue weighted by Crippen LogP contribution is -2.32. The van der Waals surface area contributed by atoms with Gasteiger partial charge in [0, 0.05) is 25.0 Å². The molecule has 7 nitrogen and oxygen atoms in total. The Balaban J connectivity index is 1.71. The molecule has 2 aromatic carbocycles. The Hall–Kier alpha value is -3.48. The molecule has 3 rings (SSSR count). The lowest BCUT2D eigenvalue weighted by Gasteiger charge is -2.21. The molecule has 0 aliphatic carbocycles. The number of methoxy groups -OCH3 is 2. The van der Waals surface area contributed by atoms with Crippen LogP contribution in [0.1, 0.15) is 23.9 Å². The van der Waals surface area contributed by atoms with Gasteiger partial charge in [0.05, 0.1) is 27.2 Å². The summed E-state index contributed by atoms with van der Waals surface area (Å²) < 4.78 is 18.3. The Bertz CT molecular complexity index is 954. The number of aryl methyl sites for hydroxylation is 1. The number of imidazole rings is 1. The first kappa shape index (κ1) is 20.3. The molecule has 0 saturated heterocycles. The van der Waals surface area contributed by atoms with Crippen molar-refractivity contribution in [3.05, 3.63) is 72.3 Å². The molecule has 0 saturated carbocycles. The molecular formula is C22H25N3O4. The van der Waals surface area contributed by atoms with E-state index >= 15 is 0 Å². The van der Waals surface area contributed by atoms with Gasteiger partial charge in [-0.15, -0.1) is 0 Å². The molecule has 7 heteroatoms. The summed E-state index contributed by atoms with van der Waals surface area (Å²) in [6.45, 7) is 0.228. The predicted molar refractivity (Wildman–Crippen MR) is 109 cm³/mol. The number of hydrogen-bond donors (Lipinski definition) is 1. The minimum Gasteiger partial charge on any atom is -0.496 e. The van der Waals surface area contributed by atoms with E-state index in [2.05, 4.69) is 10.3 Å². The second-order valence-electron chi connectivity index (χ2n) is 6.39. The summed E-state index contributed by atoms with van der Waals surface area (Å²) in [4.78, 5) is 17.1. The highest BCUT2D eigenvalue weighted by atomic mass is 16.5. The maximum atomic E-state index is 12.7. The second-order valence-corrected chi connectivity index (χ2v) is 6.39. The molecule has 152 valence electrons. The normalized spacial score (nSPS) is 11.6. The number of nitrogens with zero attached hydrogens (tertiary/aromatic N) is 2. The third kappa shape index (κ3) is 4.87. The van der Waals surface area contributed by atoms with Gasteiger partial charge >= 0.3 is 0 Å². The van der Waals surface area contributed by atoms with E-state index in [1.165, 1.54) is 0 Å². The van der Waals surface area contributed by atoms with Crippen molar-refractivity contribution >= 4 is 5.91 Å². The zero-order chi connectivity index (χ0) is 20.6. The Kier molecular flexibility index (Phi) is 6.73. The fourth-order valence-corrected chi connectivity index (χ4v) is 3.07. The molecule has 0 bridgehead atoms. The molecule has 1 atom stereocenters. The highest BCUT2D eigenvalue weighted by Crippen LogP contribution is 2.29. The van der Waals surface area contributed by atoms with Crippen molar-refractivity contribution in [1.29, 1.82) is 0 Å². The zero-order valence-corrected chi connectivity index (χ0v) is 16.8. The van der Waals surface area contributed by atoms with E-state index in [1.807, 2.05) is 66.3 Å². The van der Waals surface area contributed by atoms with Crippen LogP contribution in [0.25, 0.3) is 0 Å². The Morgan fingerprint density at radius 2 is 1.69 bits per heavy atom. The predicted octanol–water partition coefficient (Wildman–Crippen LogP) is 3.11. The van der Waals surface area contributed by atoms with E-state index in [0.29, 0.717) is 23.1 Å². The maximum absolute atomic E-state index is 12.7. The summed E-state index contributed by atoms with van der Waals surface area (Å²) in [7, 11) is 5.08. The summed E-state index contributed by atoms with van der Waals surface area (Å²) in [5.74, 6) is 2.49. The maximum Gasteiger partial charge on any atom is 0.224 e. The molecule has 0 aliphatic heterocycles. The number of aromatic nitrogens is 2. The van der Waals surface area contributed by atoms with Crippen LogP contribution in [0.2, 0.25) is 0 Å². The number of carbonyl (C=O) groups excluding carboxylic acids is 1. The summed E-state index contributed by atoms with van der Waals surface area (Å²) in [6, 6.07) is 14.5. The lowest BCUT2D eigenvalue weighted by atomic mass is 10.0. The summed E-state index contributed by atoms with van der Waals surface area (Å²) >= 11 is 0. The molecule has 0 radical (unpaired) electrons. The van der Waals surface area contributed by atoms with Crippen LogP contribution in [0, 0.1) is 0 Å². The molecule has 1 unspecified atom stereocenters. The van der Waals surface area contributed by atoms with Gasteiger partial charge in [-0.2, -0.15) is 0 Å². The molecule has 0 fully saturated rings. The number of amides is 1. The fourth-order valence-electron chi connectivity index (χ4n) is 3.07. The van der Waals surface area contributed by atoms with Gasteiger partial charge in [0.1, 0.15) is 17.6 Å². The van der Waals surface area contributed by atoms with Crippen LogP contribution in [-0.2, 0) is 11.8 Å². The van der Waals surface area contributed by atoms with Crippen LogP contribution in [0.4, 0.5) is 0 Å². The van der Waals surface area contributed by atoms with Gasteiger partial charge in [-0.05, 0) is 18.2 Å². The molecule has 1 amide bonds. The monoisotopic (exact) mass is 395 g/mol. The van der Waals surface area contributed by atoms with Crippen LogP contribution >= 0.6 is 0 Å². The van der Waals surface area contributed by atoms with Gasteiger partial charge in [0.2, 0.25) is 5.91 Å². The minimum absolute atomic E-state index is 0.154. The molecule has 1 heterocycles. The Labute approximate surface area is 170 Å². The quantitative estimate of drug-likeness (QED) is 0.603. The van der Waals surface area contributed by atoms with Crippen molar-refractivity contribution < 1.29 is 19.0 Å². The first-order valence-electron chi connectivity index (χ1n) is 9.29. The first-order valence-corrected chi connectivity index (χ1v) is 9.29. The van der Waals surface area contributed by atoms with Crippen LogP contribution < -0.4 is 19.5 Å². The number of nitrogens with one attached hydrogen (secondary N) is 1. The van der Waals surface area contributed by atoms with Crippen molar-refractivity contribution in [2.24, 2.45) is 7.05 Å². The van der Waals surface area contributed by atoms with Crippen LogP contribution in [0.3, 0.4) is 0 Å². The number of rotatable bonds is 9. The molecule has 29 heavy (non-hydrogen) atoms. The Morgan fingerprint density at radius 3 is 2.34 bits per heavy atom. The van der Waals surface area contributed by atoms with E-state index in [9.17, 15) is 4.79 Å². The van der Waals surface area contributed by atoms with Crippen molar-refractivity contribution in [3.8, 4) is 17.2 Å². The highest BCUT2D eigenvalue weighted by molar-refractivity contribution is 5.77. The van der Waals surface area contributed by atoms with Gasteiger partial charge in [0.25, 0.3) is 0 Å². The van der Waals surface area contributed by atoms with Crippen molar-refractivity contribution in [2.45, 2.75) is 12.5 Å². The second kappa shape index (κ2) is 9.64. The summed E-state index contributed by atoms with van der Waals surface area (Å²) in [5, 5.41) is 3.05. The smallest absolute Gasteiger partial charge is 0.224 e. The van der Waals surface area contributed by atoms with Crippen LogP contribution in [-0.4, -0.2) is 36.3 Å². The largest absolute Gasteiger partial charge is 0.496 e. The van der Waals surface area contributed by atoms with Gasteiger partial charge < -0.3 is 24.1 Å². The molecule has 0 aliphatic rings. The molecule has 3 aromatic rings. The number of hydrogen-bond acceptors (Lipinski definition) is 5. The van der Waals surface area contributed by atoms with Crippen molar-refractivity contribution in [2.75, 3.05) is 20.8 Å². The third-order valence-electron chi connectivity index (χ3n) is 4.53. The van der Waals surface area contributed by atoms with Crippen molar-refractivity contribution in [1.82, 2.24) is 14.9 Å². The van der Waals surface area contributed by atoms with E-state index in [4.69, 9.17) is 14.2 Å². The number of ether oxygens (including phenoxy) is 3. The van der Waals surface area contributed by atoms with E-state index < -0.39 is 6.04 Å².